The number of guanidine groups is 7. The maximum absolute atomic E-state index is 12.3. The van der Waals surface area contributed by atoms with E-state index < -0.39 is 0 Å². The molecule has 2 unspecified atom stereocenters. The largest absolute Gasteiger partial charge is 0.360 e. The van der Waals surface area contributed by atoms with Crippen LogP contribution in [0.1, 0.15) is 207 Å². The van der Waals surface area contributed by atoms with E-state index in [1.807, 2.05) is 162 Å². The number of carbonyl (C=O) groups is 1. The number of fused-ring (bicyclic) bond motifs is 3. The number of amidine groups is 1. The summed E-state index contributed by atoms with van der Waals surface area (Å²) in [5, 5.41) is 6.11. The van der Waals surface area contributed by atoms with Crippen LogP contribution in [-0.2, 0) is 4.79 Å². The smallest absolute Gasteiger partial charge is 0.226 e. The molecule has 24 heteroatoms. The third-order valence-corrected chi connectivity index (χ3v) is 20.4. The van der Waals surface area contributed by atoms with Gasteiger partial charge in [-0.3, -0.25) is 35.1 Å². The van der Waals surface area contributed by atoms with Crippen molar-refractivity contribution in [2.24, 2.45) is 51.8 Å². The molecule has 2 saturated carbocycles. The summed E-state index contributed by atoms with van der Waals surface area (Å²) in [5.74, 6) is 9.75. The molecule has 1 amide bonds. The number of hydrogen-bond donors (Lipinski definition) is 2. The lowest BCUT2D eigenvalue weighted by molar-refractivity contribution is -0.119. The molecule has 2 atom stereocenters. The molecule has 2 aromatic rings. The molecule has 2 saturated heterocycles. The van der Waals surface area contributed by atoms with Gasteiger partial charge in [0.1, 0.15) is 0 Å². The highest BCUT2D eigenvalue weighted by Crippen LogP contribution is 2.44. The molecule has 4 fully saturated rings. The van der Waals surface area contributed by atoms with E-state index in [2.05, 4.69) is 160 Å². The number of amides is 1. The highest BCUT2D eigenvalue weighted by Gasteiger charge is 2.42. The van der Waals surface area contributed by atoms with Crippen LogP contribution in [0.2, 0.25) is 0 Å². The molecule has 112 heavy (non-hydrogen) atoms. The Kier molecular flexibility index (Phi) is 51.4. The van der Waals surface area contributed by atoms with E-state index in [1.165, 1.54) is 218 Å². The fourth-order valence-electron chi connectivity index (χ4n) is 15.4. The fraction of sp³-hybridized carbons (Fsp3) is 0.761. The quantitative estimate of drug-likeness (QED) is 0.0575. The Morgan fingerprint density at radius 2 is 0.875 bits per heavy atom. The van der Waals surface area contributed by atoms with E-state index in [4.69, 9.17) is 15.0 Å². The lowest BCUT2D eigenvalue weighted by Gasteiger charge is -2.44. The fourth-order valence-corrected chi connectivity index (χ4v) is 15.4. The van der Waals surface area contributed by atoms with Gasteiger partial charge in [0.25, 0.3) is 0 Å². The molecule has 6 aliphatic rings. The molecule has 24 nitrogen and oxygen atoms in total. The molecular weight excluding hydrogens is 1400 g/mol. The van der Waals surface area contributed by atoms with Crippen molar-refractivity contribution >= 4 is 64.8 Å². The predicted molar refractivity (Wildman–Crippen MR) is 485 cm³/mol. The van der Waals surface area contributed by atoms with E-state index in [0.29, 0.717) is 30.4 Å². The summed E-state index contributed by atoms with van der Waals surface area (Å²) < 4.78 is 0. The Morgan fingerprint density at radius 3 is 1.35 bits per heavy atom. The van der Waals surface area contributed by atoms with Crippen LogP contribution in [0.5, 0.6) is 0 Å². The second-order valence-electron chi connectivity index (χ2n) is 32.8. The Morgan fingerprint density at radius 1 is 0.429 bits per heavy atom. The standard InChI is InChI=1S/C22H29N3O.C20H40N6.C19H42N6.C11H20N2.C9H17N3.C7H17N3/c1-2-3-4-5-6-13-18-21(26)25-22(23-19-14-9-7-10-15-19)24-20-16-11-8-12-17-20;1-23(2)19(24(3)4)21-16-13-9-11-15-12-10-14-17(18(15)16)22-20(25(5)6)26(7)8;1-22(2)18(23(3)4)20-16-14-12-10-9-11-13-15-17-21-19(24(5)6)25(7)8;1-3-7-11-12-8-4-2-6-10-13(11)9-5-1;1-2-5-11-7-8-12-6-3-4-10-9(11)12;1-6-8-7(9(2)3)10(4)5/h7-12,14-17H,2-6,13,18H2,1H3,(H2,23,24,25,26);15-18H,9-14H2,1-8H3;9-17H2,1-8H3;1-10H2;2-8H2,1H3;6H2,1-5H3. The second-order valence-corrected chi connectivity index (χ2v) is 32.8. The molecule has 0 aromatic heterocycles. The number of rotatable bonds is 24. The van der Waals surface area contributed by atoms with Crippen LogP contribution < -0.4 is 10.6 Å². The third kappa shape index (κ3) is 40.5. The van der Waals surface area contributed by atoms with Crippen LogP contribution in [0.3, 0.4) is 0 Å². The van der Waals surface area contributed by atoms with Crippen LogP contribution in [-0.4, -0.2) is 342 Å². The highest BCUT2D eigenvalue weighted by molar-refractivity contribution is 6.05. The summed E-state index contributed by atoms with van der Waals surface area (Å²) in [7, 11) is 41.0. The zero-order valence-electron chi connectivity index (χ0n) is 75.7. The zero-order valence-corrected chi connectivity index (χ0v) is 75.7. The molecule has 2 N–H and O–H groups in total. The first kappa shape index (κ1) is 98.7. The monoisotopic (exact) mass is 1560 g/mol. The average Bonchev–Trinajstić information content (AvgIpc) is 1.06. The molecule has 0 bridgehead atoms. The summed E-state index contributed by atoms with van der Waals surface area (Å²) in [6, 6.07) is 20.1. The van der Waals surface area contributed by atoms with Crippen molar-refractivity contribution in [3.05, 3.63) is 60.7 Å². The van der Waals surface area contributed by atoms with Crippen LogP contribution in [0.4, 0.5) is 11.4 Å². The molecular formula is C88H165N23O. The first-order valence-electron chi connectivity index (χ1n) is 43.3. The van der Waals surface area contributed by atoms with Gasteiger partial charge in [0.05, 0.1) is 23.6 Å². The minimum Gasteiger partial charge on any atom is -0.360 e. The molecule has 4 aliphatic heterocycles. The molecule has 2 aromatic carbocycles. The van der Waals surface area contributed by atoms with Gasteiger partial charge >= 0.3 is 0 Å². The number of hydrogen-bond acceptors (Lipinski definition) is 12. The van der Waals surface area contributed by atoms with Crippen LogP contribution in [0.25, 0.3) is 0 Å². The minimum absolute atomic E-state index is 0.00129. The summed E-state index contributed by atoms with van der Waals surface area (Å²) in [6.45, 7) is 18.6. The van der Waals surface area contributed by atoms with E-state index >= 15 is 0 Å². The van der Waals surface area contributed by atoms with Gasteiger partial charge in [0, 0.05) is 237 Å². The Balaban J connectivity index is 0.000000360. The second kappa shape index (κ2) is 58.3. The van der Waals surface area contributed by atoms with E-state index in [9.17, 15) is 4.79 Å². The number of nitrogens with one attached hydrogen (secondary N) is 2. The number of benzene rings is 2. The Labute approximate surface area is 685 Å². The number of nitrogens with zero attached hydrogens (tertiary/aromatic N) is 21. The van der Waals surface area contributed by atoms with Crippen molar-refractivity contribution in [3.63, 3.8) is 0 Å². The van der Waals surface area contributed by atoms with Gasteiger partial charge in [0.15, 0.2) is 35.8 Å². The summed E-state index contributed by atoms with van der Waals surface area (Å²) in [6.07, 6.45) is 36.0. The topological polar surface area (TPSA) is 182 Å². The highest BCUT2D eigenvalue weighted by atomic mass is 16.1. The number of anilines is 1. The maximum atomic E-state index is 12.3. The summed E-state index contributed by atoms with van der Waals surface area (Å²) >= 11 is 0. The van der Waals surface area contributed by atoms with Crippen molar-refractivity contribution in [3.8, 4) is 0 Å². The van der Waals surface area contributed by atoms with Gasteiger partial charge in [0.2, 0.25) is 11.9 Å². The van der Waals surface area contributed by atoms with Crippen molar-refractivity contribution in [1.29, 1.82) is 0 Å². The van der Waals surface area contributed by atoms with Crippen molar-refractivity contribution in [2.75, 3.05) is 218 Å². The number of aliphatic imine (C=N–C) groups is 8. The third-order valence-electron chi connectivity index (χ3n) is 20.4. The number of para-hydroxylation sites is 2. The van der Waals surface area contributed by atoms with Crippen LogP contribution >= 0.6 is 0 Å². The van der Waals surface area contributed by atoms with Crippen molar-refractivity contribution < 1.29 is 4.79 Å². The average molecular weight is 1560 g/mol. The van der Waals surface area contributed by atoms with Crippen LogP contribution in [0, 0.1) is 11.8 Å². The van der Waals surface area contributed by atoms with E-state index in [1.54, 1.807) is 0 Å². The van der Waals surface area contributed by atoms with Gasteiger partial charge in [-0.05, 0) is 127 Å². The molecule has 0 spiro atoms. The molecule has 2 aliphatic carbocycles. The molecule has 4 heterocycles. The minimum atomic E-state index is -0.00129. The first-order valence-corrected chi connectivity index (χ1v) is 43.3. The van der Waals surface area contributed by atoms with Gasteiger partial charge in [-0.1, -0.05) is 134 Å². The van der Waals surface area contributed by atoms with Crippen molar-refractivity contribution in [2.45, 2.75) is 219 Å². The van der Waals surface area contributed by atoms with Gasteiger partial charge in [-0.15, -0.1) is 0 Å². The number of unbranched alkanes of at least 4 members (excludes halogenated alkanes) is 11. The lowest BCUT2D eigenvalue weighted by Crippen LogP contribution is -2.46. The van der Waals surface area contributed by atoms with Crippen LogP contribution in [0.15, 0.2) is 101 Å². The lowest BCUT2D eigenvalue weighted by atomic mass is 9.66. The number of carbonyl (C=O) groups excluding carboxylic acids is 1. The SMILES string of the molecule is C1CCN=C2CCCCCN2CC1.CCCCCCCCC(=O)NC(=Nc1ccccc1)Nc1ccccc1.CCCN1CCN2CCCN=C12.CCN=C(N(C)C)N(C)C.CN(C)C(=NC1CCCC2CCCC(N=C(N(C)C)N(C)C)C21)N(C)C.CN(C)C(=NCCCCCCCCCN=C(N(C)C)N(C)C)N(C)C. The summed E-state index contributed by atoms with van der Waals surface area (Å²) in [4.78, 5) is 78.4. The van der Waals surface area contributed by atoms with Crippen molar-refractivity contribution in [1.82, 2.24) is 69.0 Å². The zero-order chi connectivity index (χ0) is 82.6. The van der Waals surface area contributed by atoms with Gasteiger partial charge in [-0.2, -0.15) is 0 Å². The Hall–Kier alpha value is -7.53. The van der Waals surface area contributed by atoms with E-state index in [-0.39, 0.29) is 5.91 Å². The maximum Gasteiger partial charge on any atom is 0.226 e. The van der Waals surface area contributed by atoms with Gasteiger partial charge < -0.3 is 69.0 Å². The van der Waals surface area contributed by atoms with Gasteiger partial charge in [-0.25, -0.2) is 15.0 Å². The summed E-state index contributed by atoms with van der Waals surface area (Å²) in [5.41, 5.74) is 1.69. The predicted octanol–water partition coefficient (Wildman–Crippen LogP) is 14.3. The van der Waals surface area contributed by atoms with E-state index in [0.717, 1.165) is 92.7 Å². The normalized spacial score (nSPS) is 17.5. The Bertz CT molecular complexity index is 2900. The first-order chi connectivity index (χ1) is 53.7. The molecule has 0 radical (unpaired) electrons. The molecule has 8 rings (SSSR count). The molecule has 638 valence electrons.